The van der Waals surface area contributed by atoms with Crippen LogP contribution in [-0.4, -0.2) is 30.1 Å². The smallest absolute Gasteiger partial charge is 0.271 e. The zero-order valence-corrected chi connectivity index (χ0v) is 12.1. The molecule has 0 unspecified atom stereocenters. The van der Waals surface area contributed by atoms with Crippen LogP contribution in [-0.2, 0) is 0 Å². The van der Waals surface area contributed by atoms with E-state index in [1.165, 1.54) is 11.3 Å². The number of nitrogens with one attached hydrogen (secondary N) is 2. The highest BCUT2D eigenvalue weighted by Crippen LogP contribution is 2.28. The Labute approximate surface area is 130 Å². The third-order valence-electron chi connectivity index (χ3n) is 2.72. The largest absolute Gasteiger partial charge is 0.530 e. The fourth-order valence-corrected chi connectivity index (χ4v) is 2.55. The van der Waals surface area contributed by atoms with E-state index in [1.807, 2.05) is 11.4 Å². The predicted octanol–water partition coefficient (Wildman–Crippen LogP) is 0.344. The molecule has 0 bridgehead atoms. The monoisotopic (exact) mass is 315 g/mol. The maximum absolute atomic E-state index is 12.1. The molecular weight excluding hydrogens is 304 g/mol. The van der Waals surface area contributed by atoms with Crippen molar-refractivity contribution in [1.29, 1.82) is 5.26 Å². The van der Waals surface area contributed by atoms with Crippen molar-refractivity contribution in [1.82, 2.24) is 15.6 Å². The molecule has 2 rings (SSSR count). The molecule has 0 aliphatic carbocycles. The zero-order valence-electron chi connectivity index (χ0n) is 11.3. The second-order valence-electron chi connectivity index (χ2n) is 4.19. The summed E-state index contributed by atoms with van der Waals surface area (Å²) >= 11 is 1.29. The molecule has 0 aliphatic rings. The summed E-state index contributed by atoms with van der Waals surface area (Å²) < 4.78 is 0. The minimum absolute atomic E-state index is 0.0530. The van der Waals surface area contributed by atoms with Gasteiger partial charge in [-0.2, -0.15) is 5.26 Å². The van der Waals surface area contributed by atoms with Crippen molar-refractivity contribution in [2.45, 2.75) is 0 Å². The van der Waals surface area contributed by atoms with Gasteiger partial charge in [0.25, 0.3) is 5.91 Å². The van der Waals surface area contributed by atoms with Crippen LogP contribution in [0.3, 0.4) is 0 Å². The van der Waals surface area contributed by atoms with Crippen molar-refractivity contribution in [3.63, 3.8) is 0 Å². The van der Waals surface area contributed by atoms with Crippen LogP contribution in [0.15, 0.2) is 29.8 Å². The molecule has 0 radical (unpaired) electrons. The highest BCUT2D eigenvalue weighted by molar-refractivity contribution is 7.13. The average molecular weight is 315 g/mol. The van der Waals surface area contributed by atoms with Crippen LogP contribution in [0.4, 0.5) is 4.79 Å². The normalized spacial score (nSPS) is 9.77. The molecule has 112 valence electrons. The van der Waals surface area contributed by atoms with Gasteiger partial charge < -0.3 is 20.5 Å². The van der Waals surface area contributed by atoms with Gasteiger partial charge in [-0.3, -0.25) is 4.79 Å². The number of aromatic nitrogens is 1. The molecule has 0 atom stereocenters. The van der Waals surface area contributed by atoms with Gasteiger partial charge in [-0.25, -0.2) is 4.98 Å². The summed E-state index contributed by atoms with van der Waals surface area (Å²) in [5.41, 5.74) is 3.02. The number of carbonyl (C=O) groups excluding carboxylic acids is 2. The van der Waals surface area contributed by atoms with Crippen molar-refractivity contribution < 1.29 is 14.7 Å². The highest BCUT2D eigenvalue weighted by atomic mass is 32.1. The third kappa shape index (κ3) is 3.80. The van der Waals surface area contributed by atoms with Gasteiger partial charge in [-0.1, -0.05) is 12.1 Å². The highest BCUT2D eigenvalue weighted by Gasteiger charge is 2.16. The van der Waals surface area contributed by atoms with Gasteiger partial charge in [0, 0.05) is 13.1 Å². The number of nitriles is 1. The molecule has 8 heteroatoms. The average Bonchev–Trinajstić information content (AvgIpc) is 3.01. The molecule has 1 aromatic heterocycles. The van der Waals surface area contributed by atoms with Crippen molar-refractivity contribution in [3.8, 4) is 16.5 Å². The van der Waals surface area contributed by atoms with E-state index in [4.69, 9.17) is 5.26 Å². The van der Waals surface area contributed by atoms with Crippen LogP contribution in [0, 0.1) is 11.3 Å². The van der Waals surface area contributed by atoms with E-state index < -0.39 is 12.0 Å². The first kappa shape index (κ1) is 15.5. The lowest BCUT2D eigenvalue weighted by molar-refractivity contribution is -0.250. The van der Waals surface area contributed by atoms with Crippen LogP contribution >= 0.6 is 11.3 Å². The van der Waals surface area contributed by atoms with E-state index >= 15 is 0 Å². The summed E-state index contributed by atoms with van der Waals surface area (Å²) in [7, 11) is 0. The Morgan fingerprint density at radius 1 is 1.32 bits per heavy atom. The Bertz CT molecular complexity index is 736. The Morgan fingerprint density at radius 2 is 2.09 bits per heavy atom. The van der Waals surface area contributed by atoms with Crippen LogP contribution in [0.5, 0.6) is 0 Å². The van der Waals surface area contributed by atoms with Gasteiger partial charge in [0.05, 0.1) is 22.0 Å². The quantitative estimate of drug-likeness (QED) is 0.772. The number of thiazole rings is 1. The minimum Gasteiger partial charge on any atom is -0.530 e. The van der Waals surface area contributed by atoms with Crippen LogP contribution in [0.1, 0.15) is 16.1 Å². The van der Waals surface area contributed by atoms with Gasteiger partial charge in [0.1, 0.15) is 11.8 Å². The molecule has 1 aromatic carbocycles. The Hall–Kier alpha value is -2.92. The summed E-state index contributed by atoms with van der Waals surface area (Å²) in [6, 6.07) is 8.93. The van der Waals surface area contributed by atoms with Crippen LogP contribution < -0.4 is 15.7 Å². The van der Waals surface area contributed by atoms with Crippen molar-refractivity contribution >= 4 is 23.3 Å². The lowest BCUT2D eigenvalue weighted by Gasteiger charge is -2.08. The fourth-order valence-electron chi connectivity index (χ4n) is 1.77. The van der Waals surface area contributed by atoms with E-state index in [-0.39, 0.29) is 18.8 Å². The molecular formula is C14H11N4O3S-. The minimum atomic E-state index is -1.39. The Kier molecular flexibility index (Phi) is 5.06. The molecule has 7 nitrogen and oxygen atoms in total. The molecule has 0 saturated carbocycles. The van der Waals surface area contributed by atoms with Gasteiger partial charge in [0.2, 0.25) is 0 Å². The second-order valence-corrected chi connectivity index (χ2v) is 5.05. The zero-order chi connectivity index (χ0) is 15.9. The van der Waals surface area contributed by atoms with Gasteiger partial charge in [0.15, 0.2) is 0 Å². The second kappa shape index (κ2) is 7.19. The van der Waals surface area contributed by atoms with E-state index in [9.17, 15) is 14.7 Å². The molecule has 0 aliphatic heterocycles. The number of hydrogen-bond donors (Lipinski definition) is 2. The number of rotatable bonds is 5. The number of nitrogens with zero attached hydrogens (tertiary/aromatic N) is 2. The van der Waals surface area contributed by atoms with Crippen molar-refractivity contribution in [2.24, 2.45) is 0 Å². The molecule has 0 saturated heterocycles. The van der Waals surface area contributed by atoms with Crippen molar-refractivity contribution in [3.05, 3.63) is 41.0 Å². The first-order chi connectivity index (χ1) is 10.6. The van der Waals surface area contributed by atoms with Gasteiger partial charge >= 0.3 is 0 Å². The van der Waals surface area contributed by atoms with Crippen LogP contribution in [0.25, 0.3) is 10.4 Å². The molecule has 2 aromatic rings. The number of amides is 2. The summed E-state index contributed by atoms with van der Waals surface area (Å²) in [5.74, 6) is -0.404. The summed E-state index contributed by atoms with van der Waals surface area (Å²) in [6.45, 7) is 0.180. The summed E-state index contributed by atoms with van der Waals surface area (Å²) in [4.78, 5) is 27.0. The van der Waals surface area contributed by atoms with Crippen LogP contribution in [0.2, 0.25) is 0 Å². The lowest BCUT2D eigenvalue weighted by atomic mass is 10.1. The fraction of sp³-hybridized carbons (Fsp3) is 0.143. The lowest BCUT2D eigenvalue weighted by Crippen LogP contribution is -2.41. The number of carboxylic acid groups (broad SMARTS) is 1. The first-order valence-corrected chi connectivity index (χ1v) is 7.17. The SMILES string of the molecule is N#Cc1cccc(-c2scnc2C(=O)NCCNC(=O)[O-])c1. The van der Waals surface area contributed by atoms with Crippen molar-refractivity contribution in [2.75, 3.05) is 13.1 Å². The molecule has 22 heavy (non-hydrogen) atoms. The Balaban J connectivity index is 2.10. The third-order valence-corrected chi connectivity index (χ3v) is 3.59. The summed E-state index contributed by atoms with van der Waals surface area (Å²) in [5, 5.41) is 23.7. The molecule has 1 heterocycles. The van der Waals surface area contributed by atoms with E-state index in [0.29, 0.717) is 10.4 Å². The topological polar surface area (TPSA) is 118 Å². The standard InChI is InChI=1S/C14H12N4O3S/c15-7-9-2-1-3-10(6-9)12-11(18-8-22-12)13(19)16-4-5-17-14(20)21/h1-3,6,8,17H,4-5H2,(H,16,19)(H,20,21)/p-1. The van der Waals surface area contributed by atoms with Gasteiger partial charge in [-0.15, -0.1) is 11.3 Å². The molecule has 2 amide bonds. The predicted molar refractivity (Wildman–Crippen MR) is 78.0 cm³/mol. The first-order valence-electron chi connectivity index (χ1n) is 6.29. The van der Waals surface area contributed by atoms with E-state index in [2.05, 4.69) is 10.3 Å². The summed E-state index contributed by atoms with van der Waals surface area (Å²) in [6.07, 6.45) is -1.39. The number of hydrogen-bond acceptors (Lipinski definition) is 6. The molecule has 0 spiro atoms. The molecule has 2 N–H and O–H groups in total. The number of benzene rings is 1. The maximum atomic E-state index is 12.1. The Morgan fingerprint density at radius 3 is 2.82 bits per heavy atom. The molecule has 0 fully saturated rings. The van der Waals surface area contributed by atoms with E-state index in [0.717, 1.165) is 5.56 Å². The maximum Gasteiger partial charge on any atom is 0.271 e. The number of carbonyl (C=O) groups is 2. The van der Waals surface area contributed by atoms with Gasteiger partial charge in [-0.05, 0) is 17.7 Å². The van der Waals surface area contributed by atoms with E-state index in [1.54, 1.807) is 29.8 Å².